The Hall–Kier alpha value is 3.09. The van der Waals surface area contributed by atoms with Crippen LogP contribution in [0.1, 0.15) is 25.7 Å². The average Bonchev–Trinajstić information content (AvgIpc) is 1.62. The van der Waals surface area contributed by atoms with Crippen LogP contribution in [-0.4, -0.2) is 0 Å². The Balaban J connectivity index is -0.0000000427. The van der Waals surface area contributed by atoms with Crippen molar-refractivity contribution in [1.82, 2.24) is 0 Å². The molecule has 1 aliphatic carbocycles. The fraction of sp³-hybridized carbons (Fsp3) is 0.500. The summed E-state index contributed by atoms with van der Waals surface area (Å²) < 4.78 is 0. The summed E-state index contributed by atoms with van der Waals surface area (Å²) in [6.45, 7) is 0. The number of hydrogen-bond acceptors (Lipinski definition) is 0. The Morgan fingerprint density at radius 2 is 0.923 bits per heavy atom. The van der Waals surface area contributed by atoms with Gasteiger partial charge >= 0.3 is 21.1 Å². The van der Waals surface area contributed by atoms with E-state index in [0.29, 0.717) is 0 Å². The Morgan fingerprint density at radius 1 is 0.615 bits per heavy atom. The van der Waals surface area contributed by atoms with Gasteiger partial charge in [-0.3, -0.25) is 0 Å². The molecule has 0 heterocycles. The van der Waals surface area contributed by atoms with Gasteiger partial charge in [0.2, 0.25) is 0 Å². The van der Waals surface area contributed by atoms with Crippen LogP contribution >= 0.6 is 0 Å². The van der Waals surface area contributed by atoms with Crippen molar-refractivity contribution in [3.63, 3.8) is 0 Å². The monoisotopic (exact) mass is 811 g/mol. The molecule has 0 unspecified atom stereocenters. The number of hydrogen-bond donors (Lipinski definition) is 0. The normalized spacial score (nSPS) is 12.3. The van der Waals surface area contributed by atoms with Gasteiger partial charge in [-0.25, -0.2) is 0 Å². The van der Waals surface area contributed by atoms with Crippen molar-refractivity contribution in [2.45, 2.75) is 25.7 Å². The van der Waals surface area contributed by atoms with Gasteiger partial charge in [-0.1, -0.05) is 24.3 Å². The van der Waals surface area contributed by atoms with Crippen molar-refractivity contribution in [2.24, 2.45) is 0 Å². The molecule has 0 saturated heterocycles. The first-order valence-electron chi connectivity index (χ1n) is 3.32. The van der Waals surface area contributed by atoms with E-state index in [9.17, 15) is 0 Å². The summed E-state index contributed by atoms with van der Waals surface area (Å²) in [5.74, 6) is 0. The smallest absolute Gasteiger partial charge is 1.00 e. The van der Waals surface area contributed by atoms with Crippen molar-refractivity contribution < 1.29 is 117 Å². The standard InChI is InChI=1S/C8H12.4HI.Pt/c1-2-4-6-8-7-5-3-1;;;;;/h1-4H,5-8H2;4*1H;/q;;;;;+4/p-4. The second-order valence-electron chi connectivity index (χ2n) is 2.14. The average molecular weight is 811 g/mol. The summed E-state index contributed by atoms with van der Waals surface area (Å²) in [6, 6.07) is 0. The van der Waals surface area contributed by atoms with E-state index in [0.717, 1.165) is 0 Å². The molecule has 13 heavy (non-hydrogen) atoms. The Bertz CT molecular complexity index is 101. The molecule has 0 bridgehead atoms. The number of allylic oxidation sites excluding steroid dienone is 4. The molecule has 1 aliphatic rings. The molecule has 0 fully saturated rings. The van der Waals surface area contributed by atoms with Crippen LogP contribution < -0.4 is 95.9 Å². The van der Waals surface area contributed by atoms with E-state index in [1.807, 2.05) is 0 Å². The van der Waals surface area contributed by atoms with Crippen molar-refractivity contribution in [1.29, 1.82) is 0 Å². The molecule has 0 radical (unpaired) electrons. The summed E-state index contributed by atoms with van der Waals surface area (Å²) in [4.78, 5) is 0. The largest absolute Gasteiger partial charge is 4.00 e. The fourth-order valence-corrected chi connectivity index (χ4v) is 0.874. The zero-order valence-corrected chi connectivity index (χ0v) is 17.9. The molecule has 0 atom stereocenters. The number of rotatable bonds is 0. The molecule has 0 saturated carbocycles. The van der Waals surface area contributed by atoms with Crippen LogP contribution in [0.15, 0.2) is 24.3 Å². The molecule has 82 valence electrons. The number of halogens is 4. The fourth-order valence-electron chi connectivity index (χ4n) is 0.874. The van der Waals surface area contributed by atoms with Gasteiger partial charge < -0.3 is 95.9 Å². The zero-order valence-electron chi connectivity index (χ0n) is 6.97. The van der Waals surface area contributed by atoms with Crippen molar-refractivity contribution in [3.05, 3.63) is 24.3 Å². The van der Waals surface area contributed by atoms with E-state index < -0.39 is 0 Å². The first kappa shape index (κ1) is 29.8. The summed E-state index contributed by atoms with van der Waals surface area (Å²) in [5, 5.41) is 0. The minimum absolute atomic E-state index is 0. The third-order valence-corrected chi connectivity index (χ3v) is 1.37. The molecule has 0 nitrogen and oxygen atoms in total. The Morgan fingerprint density at radius 3 is 1.23 bits per heavy atom. The maximum absolute atomic E-state index is 2.23. The first-order valence-corrected chi connectivity index (χ1v) is 3.32. The third kappa shape index (κ3) is 21.0. The topological polar surface area (TPSA) is 0 Å². The van der Waals surface area contributed by atoms with Gasteiger partial charge in [-0.05, 0) is 25.7 Å². The van der Waals surface area contributed by atoms with Crippen LogP contribution in [0.25, 0.3) is 0 Å². The van der Waals surface area contributed by atoms with Crippen molar-refractivity contribution in [3.8, 4) is 0 Å². The van der Waals surface area contributed by atoms with Gasteiger partial charge in [-0.15, -0.1) is 0 Å². The van der Waals surface area contributed by atoms with Crippen LogP contribution in [0, 0.1) is 0 Å². The maximum atomic E-state index is 2.23. The van der Waals surface area contributed by atoms with Crippen LogP contribution in [0.2, 0.25) is 0 Å². The maximum Gasteiger partial charge on any atom is 4.00 e. The van der Waals surface area contributed by atoms with Crippen molar-refractivity contribution >= 4 is 0 Å². The molecule has 0 N–H and O–H groups in total. The summed E-state index contributed by atoms with van der Waals surface area (Å²) in [6.07, 6.45) is 14.0. The van der Waals surface area contributed by atoms with Crippen LogP contribution in [0.3, 0.4) is 0 Å². The third-order valence-electron chi connectivity index (χ3n) is 1.37. The van der Waals surface area contributed by atoms with Gasteiger partial charge in [-0.2, -0.15) is 0 Å². The van der Waals surface area contributed by atoms with Gasteiger partial charge in [0.15, 0.2) is 0 Å². The summed E-state index contributed by atoms with van der Waals surface area (Å²) >= 11 is 0. The second-order valence-corrected chi connectivity index (χ2v) is 2.14. The quantitative estimate of drug-likeness (QED) is 0.214. The van der Waals surface area contributed by atoms with E-state index in [4.69, 9.17) is 0 Å². The van der Waals surface area contributed by atoms with E-state index >= 15 is 0 Å². The minimum atomic E-state index is 0. The molecule has 1 rings (SSSR count). The zero-order chi connectivity index (χ0) is 5.66. The molecular weight excluding hydrogens is 799 g/mol. The molecule has 0 amide bonds. The Labute approximate surface area is 164 Å². The SMILES string of the molecule is C1=CCCCCC=C1.[I-].[I-].[I-].[I-].[Pt+4]. The van der Waals surface area contributed by atoms with E-state index in [1.165, 1.54) is 25.7 Å². The summed E-state index contributed by atoms with van der Waals surface area (Å²) in [5.41, 5.74) is 0. The first-order chi connectivity index (χ1) is 4.00. The van der Waals surface area contributed by atoms with Crippen LogP contribution in [0.5, 0.6) is 0 Å². The van der Waals surface area contributed by atoms with Crippen LogP contribution in [0.4, 0.5) is 0 Å². The van der Waals surface area contributed by atoms with Crippen molar-refractivity contribution in [2.75, 3.05) is 0 Å². The van der Waals surface area contributed by atoms with Crippen LogP contribution in [-0.2, 0) is 21.1 Å². The summed E-state index contributed by atoms with van der Waals surface area (Å²) in [7, 11) is 0. The minimum Gasteiger partial charge on any atom is -1.00 e. The Kier molecular flexibility index (Phi) is 55.8. The van der Waals surface area contributed by atoms with Gasteiger partial charge in [0, 0.05) is 0 Å². The van der Waals surface area contributed by atoms with Gasteiger partial charge in [0.1, 0.15) is 0 Å². The molecule has 5 heteroatoms. The molecule has 0 aromatic rings. The molecule has 0 aliphatic heterocycles. The predicted octanol–water partition coefficient (Wildman–Crippen LogP) is -9.31. The molecular formula is C8H12I4Pt. The van der Waals surface area contributed by atoms with Gasteiger partial charge in [0.05, 0.1) is 0 Å². The second kappa shape index (κ2) is 24.4. The van der Waals surface area contributed by atoms with E-state index in [2.05, 4.69) is 24.3 Å². The van der Waals surface area contributed by atoms with Gasteiger partial charge in [0.25, 0.3) is 0 Å². The van der Waals surface area contributed by atoms with E-state index in [-0.39, 0.29) is 117 Å². The molecule has 0 aromatic heterocycles. The molecule has 0 spiro atoms. The van der Waals surface area contributed by atoms with E-state index in [1.54, 1.807) is 0 Å². The molecule has 0 aromatic carbocycles. The predicted molar refractivity (Wildman–Crippen MR) is 36.7 cm³/mol.